The van der Waals surface area contributed by atoms with Crippen LogP contribution in [0.3, 0.4) is 0 Å². The first kappa shape index (κ1) is 11.5. The van der Waals surface area contributed by atoms with E-state index in [2.05, 4.69) is 0 Å². The third kappa shape index (κ3) is 1.92. The van der Waals surface area contributed by atoms with E-state index in [1.54, 1.807) is 0 Å². The van der Waals surface area contributed by atoms with Crippen LogP contribution in [0.5, 0.6) is 0 Å². The second-order valence-electron chi connectivity index (χ2n) is 4.06. The van der Waals surface area contributed by atoms with Crippen LogP contribution in [0.25, 0.3) is 0 Å². The molecular formula is C9H15F3NO+. The molecule has 0 N–H and O–H groups in total. The number of quaternary nitrogens is 1. The summed E-state index contributed by atoms with van der Waals surface area (Å²) in [7, 11) is 1.39. The Balaban J connectivity index is 2.95. The largest absolute Gasteiger partial charge is 0.441 e. The van der Waals surface area contributed by atoms with Crippen molar-refractivity contribution in [3.8, 4) is 0 Å². The van der Waals surface area contributed by atoms with Gasteiger partial charge in [0, 0.05) is 6.42 Å². The topological polar surface area (TPSA) is 17.1 Å². The first-order valence-corrected chi connectivity index (χ1v) is 4.71. The molecule has 0 saturated carbocycles. The number of likely N-dealkylation sites (tertiary alicyclic amines) is 1. The van der Waals surface area contributed by atoms with Crippen LogP contribution in [-0.2, 0) is 4.79 Å². The number of nitrogens with zero attached hydrogens (tertiary/aromatic N) is 1. The Morgan fingerprint density at radius 2 is 1.93 bits per heavy atom. The molecule has 0 aromatic carbocycles. The average Bonchev–Trinajstić information content (AvgIpc) is 2.02. The van der Waals surface area contributed by atoms with Gasteiger partial charge in [-0.3, -0.25) is 4.48 Å². The standard InChI is InChI=1S/C9H15F3NO/c1-7(14)13(2)6-4-3-5-8(13)9(10,11)12/h8H,3-6H2,1-2H3/q+1. The summed E-state index contributed by atoms with van der Waals surface area (Å²) in [5.74, 6) is -0.396. The first-order chi connectivity index (χ1) is 6.28. The molecule has 1 saturated heterocycles. The van der Waals surface area contributed by atoms with Crippen LogP contribution in [-0.4, -0.2) is 36.2 Å². The summed E-state index contributed by atoms with van der Waals surface area (Å²) in [6.07, 6.45) is -2.94. The Labute approximate surface area is 81.3 Å². The number of hydrogen-bond acceptors (Lipinski definition) is 1. The Morgan fingerprint density at radius 3 is 2.29 bits per heavy atom. The quantitative estimate of drug-likeness (QED) is 0.559. The van der Waals surface area contributed by atoms with Crippen molar-refractivity contribution in [2.24, 2.45) is 0 Å². The van der Waals surface area contributed by atoms with Gasteiger partial charge in [0.05, 0.1) is 20.5 Å². The number of alkyl halides is 3. The number of piperidine rings is 1. The van der Waals surface area contributed by atoms with Gasteiger partial charge in [0.2, 0.25) is 0 Å². The van der Waals surface area contributed by atoms with Crippen LogP contribution in [0, 0.1) is 0 Å². The maximum Gasteiger partial charge on any atom is 0.441 e. The maximum absolute atomic E-state index is 12.6. The Kier molecular flexibility index (Phi) is 2.90. The monoisotopic (exact) mass is 210 g/mol. The number of halogens is 3. The van der Waals surface area contributed by atoms with Gasteiger partial charge >= 0.3 is 12.1 Å². The molecule has 82 valence electrons. The normalized spacial score (nSPS) is 34.2. The molecule has 1 fully saturated rings. The van der Waals surface area contributed by atoms with E-state index >= 15 is 0 Å². The summed E-state index contributed by atoms with van der Waals surface area (Å²) in [5, 5.41) is 0. The molecule has 0 bridgehead atoms. The van der Waals surface area contributed by atoms with Gasteiger partial charge in [-0.2, -0.15) is 13.2 Å². The highest BCUT2D eigenvalue weighted by Crippen LogP contribution is 2.36. The van der Waals surface area contributed by atoms with E-state index in [4.69, 9.17) is 0 Å². The van der Waals surface area contributed by atoms with Crippen molar-refractivity contribution in [3.63, 3.8) is 0 Å². The number of carbonyl (C=O) groups is 1. The van der Waals surface area contributed by atoms with Crippen molar-refractivity contribution < 1.29 is 22.4 Å². The molecule has 14 heavy (non-hydrogen) atoms. The van der Waals surface area contributed by atoms with Crippen LogP contribution in [0.15, 0.2) is 0 Å². The Morgan fingerprint density at radius 1 is 1.36 bits per heavy atom. The van der Waals surface area contributed by atoms with E-state index in [0.29, 0.717) is 19.4 Å². The van der Waals surface area contributed by atoms with Crippen molar-refractivity contribution in [2.45, 2.75) is 38.4 Å². The summed E-state index contributed by atoms with van der Waals surface area (Å²) in [6.45, 7) is 1.55. The van der Waals surface area contributed by atoms with E-state index in [9.17, 15) is 18.0 Å². The van der Waals surface area contributed by atoms with Crippen molar-refractivity contribution in [2.75, 3.05) is 13.6 Å². The minimum atomic E-state index is -4.26. The van der Waals surface area contributed by atoms with Crippen molar-refractivity contribution in [3.05, 3.63) is 0 Å². The molecule has 2 unspecified atom stereocenters. The number of carbonyl (C=O) groups excluding carboxylic acids is 1. The number of rotatable bonds is 0. The molecule has 0 aromatic rings. The lowest BCUT2D eigenvalue weighted by Crippen LogP contribution is -2.63. The van der Waals surface area contributed by atoms with Crippen LogP contribution in [0.2, 0.25) is 0 Å². The average molecular weight is 210 g/mol. The third-order valence-electron chi connectivity index (χ3n) is 3.14. The van der Waals surface area contributed by atoms with Crippen molar-refractivity contribution >= 4 is 5.91 Å². The summed E-state index contributed by atoms with van der Waals surface area (Å²) < 4.78 is 37.4. The van der Waals surface area contributed by atoms with Crippen LogP contribution in [0.4, 0.5) is 13.2 Å². The summed E-state index contributed by atoms with van der Waals surface area (Å²) in [4.78, 5) is 11.2. The van der Waals surface area contributed by atoms with Crippen LogP contribution in [0.1, 0.15) is 26.2 Å². The highest BCUT2D eigenvalue weighted by atomic mass is 19.4. The molecule has 1 heterocycles. The molecule has 1 aliphatic rings. The molecule has 1 aliphatic heterocycles. The lowest BCUT2D eigenvalue weighted by Gasteiger charge is -2.42. The van der Waals surface area contributed by atoms with Gasteiger partial charge < -0.3 is 0 Å². The second-order valence-corrected chi connectivity index (χ2v) is 4.06. The van der Waals surface area contributed by atoms with Gasteiger partial charge in [-0.15, -0.1) is 0 Å². The van der Waals surface area contributed by atoms with Gasteiger partial charge in [-0.25, -0.2) is 4.79 Å². The van der Waals surface area contributed by atoms with Gasteiger partial charge in [-0.05, 0) is 12.8 Å². The minimum Gasteiger partial charge on any atom is -0.253 e. The van der Waals surface area contributed by atoms with Crippen molar-refractivity contribution in [1.29, 1.82) is 0 Å². The Bertz CT molecular complexity index is 239. The molecule has 2 nitrogen and oxygen atoms in total. The fraction of sp³-hybridized carbons (Fsp3) is 0.889. The number of hydrogen-bond donors (Lipinski definition) is 0. The van der Waals surface area contributed by atoms with Gasteiger partial charge in [0.15, 0.2) is 6.04 Å². The fourth-order valence-corrected chi connectivity index (χ4v) is 2.08. The summed E-state index contributed by atoms with van der Waals surface area (Å²) in [6, 6.07) is -1.51. The van der Waals surface area contributed by atoms with Gasteiger partial charge in [-0.1, -0.05) is 0 Å². The maximum atomic E-state index is 12.6. The molecule has 0 radical (unpaired) electrons. The lowest BCUT2D eigenvalue weighted by atomic mass is 9.98. The molecular weight excluding hydrogens is 195 g/mol. The first-order valence-electron chi connectivity index (χ1n) is 4.71. The SMILES string of the molecule is CC(=O)[N+]1(C)CCCCC1C(F)(F)F. The van der Waals surface area contributed by atoms with Crippen molar-refractivity contribution in [1.82, 2.24) is 0 Å². The highest BCUT2D eigenvalue weighted by molar-refractivity contribution is 5.65. The molecule has 0 aliphatic carbocycles. The van der Waals surface area contributed by atoms with Gasteiger partial charge in [0.1, 0.15) is 0 Å². The smallest absolute Gasteiger partial charge is 0.253 e. The van der Waals surface area contributed by atoms with Crippen LogP contribution >= 0.6 is 0 Å². The summed E-state index contributed by atoms with van der Waals surface area (Å²) >= 11 is 0. The Hall–Kier alpha value is -0.580. The zero-order chi connectivity index (χ0) is 11.0. The minimum absolute atomic E-state index is 0.0690. The fourth-order valence-electron chi connectivity index (χ4n) is 2.08. The zero-order valence-corrected chi connectivity index (χ0v) is 8.40. The molecule has 5 heteroatoms. The highest BCUT2D eigenvalue weighted by Gasteiger charge is 2.55. The molecule has 1 rings (SSSR count). The number of amides is 1. The molecule has 2 atom stereocenters. The van der Waals surface area contributed by atoms with E-state index < -0.39 is 22.6 Å². The predicted molar refractivity (Wildman–Crippen MR) is 45.4 cm³/mol. The second kappa shape index (κ2) is 3.53. The van der Waals surface area contributed by atoms with Crippen LogP contribution < -0.4 is 0 Å². The van der Waals surface area contributed by atoms with E-state index in [1.165, 1.54) is 14.0 Å². The van der Waals surface area contributed by atoms with Gasteiger partial charge in [0.25, 0.3) is 0 Å². The van der Waals surface area contributed by atoms with E-state index in [-0.39, 0.29) is 6.42 Å². The zero-order valence-electron chi connectivity index (χ0n) is 8.40. The molecule has 0 aromatic heterocycles. The molecule has 0 spiro atoms. The molecule has 1 amide bonds. The third-order valence-corrected chi connectivity index (χ3v) is 3.14. The predicted octanol–water partition coefficient (Wildman–Crippen LogP) is 2.09. The lowest BCUT2D eigenvalue weighted by molar-refractivity contribution is -0.879. The summed E-state index contributed by atoms with van der Waals surface area (Å²) in [5.41, 5.74) is 0. The van der Waals surface area contributed by atoms with E-state index in [0.717, 1.165) is 0 Å². The van der Waals surface area contributed by atoms with E-state index in [1.807, 2.05) is 0 Å².